The summed E-state index contributed by atoms with van der Waals surface area (Å²) in [5.74, 6) is 0. The summed E-state index contributed by atoms with van der Waals surface area (Å²) in [4.78, 5) is 30.2. The largest absolute Gasteiger partial charge is 0.290 e. The highest BCUT2D eigenvalue weighted by Gasteiger charge is 2.43. The fourth-order valence-electron chi connectivity index (χ4n) is 1.03. The molecule has 1 fully saturated rings. The molecule has 1 unspecified atom stereocenters. The van der Waals surface area contributed by atoms with Gasteiger partial charge in [0.2, 0.25) is 5.03 Å². The summed E-state index contributed by atoms with van der Waals surface area (Å²) in [6.45, 7) is -0.410. The van der Waals surface area contributed by atoms with Crippen LogP contribution in [0, 0.1) is 30.3 Å². The maximum Gasteiger partial charge on any atom is 0.290 e. The molecular weight excluding hydrogens is 216 g/mol. The molecule has 1 atom stereocenters. The second kappa shape index (κ2) is 3.87. The van der Waals surface area contributed by atoms with Gasteiger partial charge >= 0.3 is 0 Å². The molecule has 0 bridgehead atoms. The topological polar surface area (TPSA) is 148 Å². The van der Waals surface area contributed by atoms with E-state index in [0.717, 1.165) is 0 Å². The van der Waals surface area contributed by atoms with E-state index >= 15 is 0 Å². The average Bonchev–Trinajstić information content (AvgIpc) is 2.16. The highest BCUT2D eigenvalue weighted by atomic mass is 16.7. The van der Waals surface area contributed by atoms with Crippen LogP contribution in [0.2, 0.25) is 0 Å². The van der Waals surface area contributed by atoms with Crippen LogP contribution in [0.4, 0.5) is 0 Å². The van der Waals surface area contributed by atoms with E-state index in [1.165, 1.54) is 0 Å². The first-order valence-electron chi connectivity index (χ1n) is 3.69. The van der Waals surface area contributed by atoms with Crippen molar-refractivity contribution in [3.63, 3.8) is 0 Å². The van der Waals surface area contributed by atoms with Crippen molar-refractivity contribution in [2.45, 2.75) is 12.6 Å². The third-order valence-corrected chi connectivity index (χ3v) is 1.68. The van der Waals surface area contributed by atoms with Crippen molar-refractivity contribution >= 4 is 0 Å². The molecule has 0 aromatic heterocycles. The van der Waals surface area contributed by atoms with Gasteiger partial charge in [0.05, 0.1) is 6.42 Å². The van der Waals surface area contributed by atoms with E-state index in [0.29, 0.717) is 0 Å². The fourth-order valence-corrected chi connectivity index (χ4v) is 1.03. The van der Waals surface area contributed by atoms with Crippen LogP contribution in [0.5, 0.6) is 0 Å². The van der Waals surface area contributed by atoms with Gasteiger partial charge in [-0.2, -0.15) is 0 Å². The molecule has 1 N–H and O–H groups in total. The molecular formula is C3H6N6O6. The molecule has 1 heterocycles. The zero-order chi connectivity index (χ0) is 11.6. The van der Waals surface area contributed by atoms with Gasteiger partial charge in [-0.15, -0.1) is 0 Å². The molecule has 1 rings (SSSR count). The molecule has 1 saturated heterocycles. The molecule has 0 spiro atoms. The lowest BCUT2D eigenvalue weighted by Gasteiger charge is -2.25. The molecule has 15 heavy (non-hydrogen) atoms. The maximum atomic E-state index is 10.3. The number of nitrogens with one attached hydrogen (secondary N) is 1. The molecule has 12 heteroatoms. The van der Waals surface area contributed by atoms with Gasteiger partial charge in [0.25, 0.3) is 6.17 Å². The monoisotopic (exact) mass is 222 g/mol. The number of hydrazine groups is 4. The van der Waals surface area contributed by atoms with Gasteiger partial charge in [0.1, 0.15) is 11.8 Å². The highest BCUT2D eigenvalue weighted by Crippen LogP contribution is 2.08. The van der Waals surface area contributed by atoms with E-state index in [-0.39, 0.29) is 16.8 Å². The van der Waals surface area contributed by atoms with Gasteiger partial charge in [0, 0.05) is 10.0 Å². The van der Waals surface area contributed by atoms with Crippen molar-refractivity contribution < 1.29 is 15.0 Å². The van der Waals surface area contributed by atoms with E-state index in [9.17, 15) is 30.3 Å². The average molecular weight is 222 g/mol. The molecule has 1 aliphatic rings. The van der Waals surface area contributed by atoms with Crippen LogP contribution in [0.25, 0.3) is 0 Å². The summed E-state index contributed by atoms with van der Waals surface area (Å²) in [7, 11) is 0. The Labute approximate surface area is 81.4 Å². The smallest absolute Gasteiger partial charge is 0.263 e. The molecule has 0 aromatic carbocycles. The van der Waals surface area contributed by atoms with Crippen molar-refractivity contribution in [2.24, 2.45) is 0 Å². The van der Waals surface area contributed by atoms with Crippen LogP contribution in [0.1, 0.15) is 6.42 Å². The fraction of sp³-hybridized carbons (Fsp3) is 1.00. The first-order chi connectivity index (χ1) is 6.93. The third kappa shape index (κ3) is 2.16. The van der Waals surface area contributed by atoms with Crippen molar-refractivity contribution in [1.82, 2.24) is 15.8 Å². The van der Waals surface area contributed by atoms with Gasteiger partial charge in [0.15, 0.2) is 5.03 Å². The predicted molar refractivity (Wildman–Crippen MR) is 41.1 cm³/mol. The molecule has 0 aliphatic carbocycles. The normalized spacial score (nSPS) is 21.2. The second-order valence-electron chi connectivity index (χ2n) is 2.58. The number of nitro groups is 3. The predicted octanol–water partition coefficient (Wildman–Crippen LogP) is -1.60. The molecule has 1 aliphatic heterocycles. The lowest BCUT2D eigenvalue weighted by Crippen LogP contribution is -2.65. The zero-order valence-corrected chi connectivity index (χ0v) is 7.18. The first kappa shape index (κ1) is 10.8. The van der Waals surface area contributed by atoms with Crippen LogP contribution in [-0.2, 0) is 0 Å². The van der Waals surface area contributed by atoms with Crippen LogP contribution in [0.15, 0.2) is 0 Å². The van der Waals surface area contributed by atoms with Crippen LogP contribution >= 0.6 is 0 Å². The SMILES string of the molecule is O=[N+]([O-])C1CCN([N+](=O)[O-])N([N+](=O)[O-])N1. The van der Waals surface area contributed by atoms with Crippen LogP contribution < -0.4 is 5.43 Å². The van der Waals surface area contributed by atoms with Gasteiger partial charge in [-0.25, -0.2) is 20.2 Å². The Morgan fingerprint density at radius 3 is 2.13 bits per heavy atom. The van der Waals surface area contributed by atoms with Crippen molar-refractivity contribution in [3.8, 4) is 0 Å². The van der Waals surface area contributed by atoms with Crippen LogP contribution in [0.3, 0.4) is 0 Å². The Morgan fingerprint density at radius 2 is 1.73 bits per heavy atom. The molecule has 0 amide bonds. The Morgan fingerprint density at radius 1 is 1.13 bits per heavy atom. The second-order valence-corrected chi connectivity index (χ2v) is 2.58. The van der Waals surface area contributed by atoms with E-state index in [1.807, 2.05) is 0 Å². The summed E-state index contributed by atoms with van der Waals surface area (Å²) in [5, 5.41) is 28.9. The molecule has 84 valence electrons. The minimum absolute atomic E-state index is 0.100. The Bertz CT molecular complexity index is 305. The van der Waals surface area contributed by atoms with Crippen molar-refractivity contribution in [2.75, 3.05) is 6.54 Å². The minimum Gasteiger partial charge on any atom is -0.263 e. The summed E-state index contributed by atoms with van der Waals surface area (Å²) >= 11 is 0. The number of rotatable bonds is 3. The summed E-state index contributed by atoms with van der Waals surface area (Å²) in [6.07, 6.45) is -1.59. The number of nitrogens with zero attached hydrogens (tertiary/aromatic N) is 5. The van der Waals surface area contributed by atoms with Gasteiger partial charge < -0.3 is 0 Å². The molecule has 0 saturated carbocycles. The number of hydrogen-bond acceptors (Lipinski definition) is 7. The Balaban J connectivity index is 2.78. The maximum absolute atomic E-state index is 10.3. The summed E-state index contributed by atoms with van der Waals surface area (Å²) in [5.41, 5.74) is 1.80. The lowest BCUT2D eigenvalue weighted by atomic mass is 10.3. The van der Waals surface area contributed by atoms with Gasteiger partial charge in [-0.05, 0) is 0 Å². The third-order valence-electron chi connectivity index (χ3n) is 1.68. The van der Waals surface area contributed by atoms with Crippen molar-refractivity contribution in [3.05, 3.63) is 30.3 Å². The van der Waals surface area contributed by atoms with E-state index in [4.69, 9.17) is 0 Å². The number of hydrogen-bond donors (Lipinski definition) is 1. The van der Waals surface area contributed by atoms with E-state index in [2.05, 4.69) is 0 Å². The Hall–Kier alpha value is -2.24. The standard InChI is InChI=1S/C3H6N6O6/c10-6(11)3-1-2-5(8(12)13)7(4-3)9(14)15/h3-4H,1-2H2. The van der Waals surface area contributed by atoms with Gasteiger partial charge in [-0.1, -0.05) is 5.43 Å². The lowest BCUT2D eigenvalue weighted by molar-refractivity contribution is -0.852. The quantitative estimate of drug-likeness (QED) is 0.440. The molecule has 0 aromatic rings. The van der Waals surface area contributed by atoms with E-state index in [1.54, 1.807) is 5.43 Å². The first-order valence-corrected chi connectivity index (χ1v) is 3.69. The van der Waals surface area contributed by atoms with Crippen molar-refractivity contribution in [1.29, 1.82) is 0 Å². The molecule has 12 nitrogen and oxygen atoms in total. The minimum atomic E-state index is -1.40. The van der Waals surface area contributed by atoms with Gasteiger partial charge in [-0.3, -0.25) is 10.1 Å². The van der Waals surface area contributed by atoms with Crippen LogP contribution in [-0.4, -0.2) is 38.0 Å². The Kier molecular flexibility index (Phi) is 2.80. The summed E-state index contributed by atoms with van der Waals surface area (Å²) < 4.78 is 0. The van der Waals surface area contributed by atoms with E-state index < -0.39 is 27.7 Å². The zero-order valence-electron chi connectivity index (χ0n) is 7.18. The highest BCUT2D eigenvalue weighted by molar-refractivity contribution is 4.56. The molecule has 0 radical (unpaired) electrons. The summed E-state index contributed by atoms with van der Waals surface area (Å²) in [6, 6.07) is 0.